The van der Waals surface area contributed by atoms with Gasteiger partial charge in [-0.15, -0.1) is 11.3 Å². The summed E-state index contributed by atoms with van der Waals surface area (Å²) < 4.78 is 0. The summed E-state index contributed by atoms with van der Waals surface area (Å²) in [6.07, 6.45) is 2.75. The Labute approximate surface area is 116 Å². The van der Waals surface area contributed by atoms with E-state index in [0.29, 0.717) is 10.6 Å². The molecule has 1 aromatic heterocycles. The molecule has 19 heavy (non-hydrogen) atoms. The van der Waals surface area contributed by atoms with Gasteiger partial charge in [-0.1, -0.05) is 20.8 Å². The van der Waals surface area contributed by atoms with E-state index >= 15 is 0 Å². The second-order valence-corrected chi connectivity index (χ2v) is 6.49. The number of fused-ring (bicyclic) bond motifs is 1. The fourth-order valence-electron chi connectivity index (χ4n) is 2.25. The number of carbonyl (C=O) groups is 2. The van der Waals surface area contributed by atoms with E-state index in [4.69, 9.17) is 0 Å². The Hall–Kier alpha value is -1.36. The first kappa shape index (κ1) is 14.1. The minimum atomic E-state index is -0.938. The lowest BCUT2D eigenvalue weighted by Crippen LogP contribution is -2.24. The molecule has 104 valence electrons. The zero-order valence-corrected chi connectivity index (χ0v) is 12.3. The highest BCUT2D eigenvalue weighted by atomic mass is 32.1. The second-order valence-electron chi connectivity index (χ2n) is 5.39. The number of hydrogen-bond donors (Lipinski definition) is 2. The predicted octanol–water partition coefficient (Wildman–Crippen LogP) is 3.17. The van der Waals surface area contributed by atoms with E-state index in [-0.39, 0.29) is 17.7 Å². The van der Waals surface area contributed by atoms with Crippen LogP contribution in [0.2, 0.25) is 0 Å². The number of aryl methyl sites for hydroxylation is 1. The molecular formula is C14H19NO3S. The van der Waals surface area contributed by atoms with Crippen molar-refractivity contribution in [2.75, 3.05) is 5.32 Å². The maximum atomic E-state index is 12.1. The average Bonchev–Trinajstić information content (AvgIpc) is 2.86. The molecule has 0 aromatic carbocycles. The van der Waals surface area contributed by atoms with Crippen molar-refractivity contribution in [3.63, 3.8) is 0 Å². The Bertz CT molecular complexity index is 519. The fourth-order valence-corrected chi connectivity index (χ4v) is 3.53. The van der Waals surface area contributed by atoms with Crippen molar-refractivity contribution in [2.45, 2.75) is 40.0 Å². The van der Waals surface area contributed by atoms with Gasteiger partial charge in [0.25, 0.3) is 0 Å². The molecule has 0 bridgehead atoms. The summed E-state index contributed by atoms with van der Waals surface area (Å²) in [6, 6.07) is 0. The molecule has 1 amide bonds. The Balaban J connectivity index is 2.26. The molecule has 1 heterocycles. The molecule has 0 spiro atoms. The van der Waals surface area contributed by atoms with Crippen LogP contribution in [0.4, 0.5) is 5.00 Å². The standard InChI is InChI=1S/C14H19NO3S/c1-7(2)8(3)12(16)15-13-11(14(17)18)9-5-4-6-10(9)19-13/h7-8H,4-6H2,1-3H3,(H,15,16)(H,17,18). The number of nitrogens with one attached hydrogen (secondary N) is 1. The lowest BCUT2D eigenvalue weighted by Gasteiger charge is -2.15. The highest BCUT2D eigenvalue weighted by Crippen LogP contribution is 2.39. The van der Waals surface area contributed by atoms with Crippen molar-refractivity contribution >= 4 is 28.2 Å². The van der Waals surface area contributed by atoms with Crippen molar-refractivity contribution in [3.05, 3.63) is 16.0 Å². The molecule has 4 nitrogen and oxygen atoms in total. The Morgan fingerprint density at radius 1 is 1.26 bits per heavy atom. The normalized spacial score (nSPS) is 15.4. The van der Waals surface area contributed by atoms with Gasteiger partial charge in [0.15, 0.2) is 0 Å². The lowest BCUT2D eigenvalue weighted by atomic mass is 9.97. The van der Waals surface area contributed by atoms with Crippen LogP contribution in [0, 0.1) is 11.8 Å². The van der Waals surface area contributed by atoms with Crippen molar-refractivity contribution in [2.24, 2.45) is 11.8 Å². The van der Waals surface area contributed by atoms with Crippen molar-refractivity contribution in [3.8, 4) is 0 Å². The van der Waals surface area contributed by atoms with Crippen LogP contribution in [0.25, 0.3) is 0 Å². The molecule has 0 radical (unpaired) electrons. The van der Waals surface area contributed by atoms with E-state index in [9.17, 15) is 14.7 Å². The molecule has 2 N–H and O–H groups in total. The van der Waals surface area contributed by atoms with Crippen LogP contribution < -0.4 is 5.32 Å². The number of aromatic carboxylic acids is 1. The number of anilines is 1. The van der Waals surface area contributed by atoms with Gasteiger partial charge in [-0.25, -0.2) is 4.79 Å². The number of amides is 1. The summed E-state index contributed by atoms with van der Waals surface area (Å²) in [5.41, 5.74) is 1.23. The maximum Gasteiger partial charge on any atom is 0.339 e. The molecule has 5 heteroatoms. The van der Waals surface area contributed by atoms with Crippen LogP contribution in [0.5, 0.6) is 0 Å². The van der Waals surface area contributed by atoms with E-state index in [1.165, 1.54) is 11.3 Å². The van der Waals surface area contributed by atoms with Crippen LogP contribution >= 0.6 is 11.3 Å². The van der Waals surface area contributed by atoms with Gasteiger partial charge in [-0.2, -0.15) is 0 Å². The first-order valence-corrected chi connectivity index (χ1v) is 7.42. The van der Waals surface area contributed by atoms with Gasteiger partial charge < -0.3 is 10.4 Å². The van der Waals surface area contributed by atoms with Crippen molar-refractivity contribution in [1.82, 2.24) is 0 Å². The third-order valence-electron chi connectivity index (χ3n) is 3.79. The SMILES string of the molecule is CC(C)C(C)C(=O)Nc1sc2c(c1C(=O)O)CCC2. The van der Waals surface area contributed by atoms with E-state index in [0.717, 1.165) is 29.7 Å². The molecule has 1 atom stereocenters. The van der Waals surface area contributed by atoms with Gasteiger partial charge in [-0.3, -0.25) is 4.79 Å². The Morgan fingerprint density at radius 3 is 2.53 bits per heavy atom. The minimum absolute atomic E-state index is 0.0996. The number of carboxylic acids is 1. The summed E-state index contributed by atoms with van der Waals surface area (Å²) in [5, 5.41) is 12.6. The monoisotopic (exact) mass is 281 g/mol. The highest BCUT2D eigenvalue weighted by Gasteiger charge is 2.28. The van der Waals surface area contributed by atoms with Crippen LogP contribution in [-0.4, -0.2) is 17.0 Å². The van der Waals surface area contributed by atoms with Crippen molar-refractivity contribution < 1.29 is 14.7 Å². The molecular weight excluding hydrogens is 262 g/mol. The topological polar surface area (TPSA) is 66.4 Å². The predicted molar refractivity (Wildman–Crippen MR) is 75.9 cm³/mol. The molecule has 0 fully saturated rings. The van der Waals surface area contributed by atoms with E-state index < -0.39 is 5.97 Å². The quantitative estimate of drug-likeness (QED) is 0.890. The Kier molecular flexibility index (Phi) is 3.94. The highest BCUT2D eigenvalue weighted by molar-refractivity contribution is 7.17. The zero-order valence-electron chi connectivity index (χ0n) is 11.4. The fraction of sp³-hybridized carbons (Fsp3) is 0.571. The van der Waals surface area contributed by atoms with E-state index in [1.54, 1.807) is 0 Å². The number of carboxylic acid groups (broad SMARTS) is 1. The van der Waals surface area contributed by atoms with E-state index in [1.807, 2.05) is 20.8 Å². The molecule has 0 saturated carbocycles. The first-order valence-electron chi connectivity index (χ1n) is 6.60. The molecule has 2 rings (SSSR count). The lowest BCUT2D eigenvalue weighted by molar-refractivity contribution is -0.120. The number of hydrogen-bond acceptors (Lipinski definition) is 3. The van der Waals surface area contributed by atoms with Gasteiger partial charge in [0, 0.05) is 10.8 Å². The van der Waals surface area contributed by atoms with Gasteiger partial charge in [0.2, 0.25) is 5.91 Å². The summed E-state index contributed by atoms with van der Waals surface area (Å²) in [5.74, 6) is -0.928. The van der Waals surface area contributed by atoms with Crippen LogP contribution in [0.15, 0.2) is 0 Å². The summed E-state index contributed by atoms with van der Waals surface area (Å²) >= 11 is 1.42. The minimum Gasteiger partial charge on any atom is -0.478 e. The van der Waals surface area contributed by atoms with Crippen LogP contribution in [0.3, 0.4) is 0 Å². The van der Waals surface area contributed by atoms with Crippen LogP contribution in [-0.2, 0) is 17.6 Å². The molecule has 1 aromatic rings. The number of thiophene rings is 1. The number of rotatable bonds is 4. The first-order chi connectivity index (χ1) is 8.91. The zero-order chi connectivity index (χ0) is 14.2. The van der Waals surface area contributed by atoms with Gasteiger partial charge in [0.05, 0.1) is 5.56 Å². The third kappa shape index (κ3) is 2.66. The van der Waals surface area contributed by atoms with Crippen molar-refractivity contribution in [1.29, 1.82) is 0 Å². The van der Waals surface area contributed by atoms with E-state index in [2.05, 4.69) is 5.32 Å². The largest absolute Gasteiger partial charge is 0.478 e. The van der Waals surface area contributed by atoms with Gasteiger partial charge in [-0.05, 0) is 30.7 Å². The van der Waals surface area contributed by atoms with Crippen LogP contribution in [0.1, 0.15) is 48.0 Å². The summed E-state index contributed by atoms with van der Waals surface area (Å²) in [7, 11) is 0. The second kappa shape index (κ2) is 5.33. The van der Waals surface area contributed by atoms with Gasteiger partial charge >= 0.3 is 5.97 Å². The Morgan fingerprint density at radius 2 is 1.95 bits per heavy atom. The average molecular weight is 281 g/mol. The molecule has 0 saturated heterocycles. The summed E-state index contributed by atoms with van der Waals surface area (Å²) in [4.78, 5) is 24.6. The number of carbonyl (C=O) groups excluding carboxylic acids is 1. The van der Waals surface area contributed by atoms with Gasteiger partial charge in [0.1, 0.15) is 5.00 Å². The summed E-state index contributed by atoms with van der Waals surface area (Å²) in [6.45, 7) is 5.83. The molecule has 1 aliphatic rings. The smallest absolute Gasteiger partial charge is 0.339 e. The molecule has 1 aliphatic carbocycles. The third-order valence-corrected chi connectivity index (χ3v) is 4.99. The maximum absolute atomic E-state index is 12.1. The molecule has 0 aliphatic heterocycles. The molecule has 1 unspecified atom stereocenters.